The molecule has 0 atom stereocenters. The summed E-state index contributed by atoms with van der Waals surface area (Å²) in [5.74, 6) is -1.80. The summed E-state index contributed by atoms with van der Waals surface area (Å²) < 4.78 is 0. The third-order valence-corrected chi connectivity index (χ3v) is 24.6. The Kier molecular flexibility index (Phi) is 110. The second-order valence-electron chi connectivity index (χ2n) is 35.6. The van der Waals surface area contributed by atoms with E-state index in [1.54, 1.807) is 0 Å². The summed E-state index contributed by atoms with van der Waals surface area (Å²) in [5.41, 5.74) is 0. The molecule has 0 N–H and O–H groups in total. The predicted octanol–water partition coefficient (Wildman–Crippen LogP) is 32.9. The molecule has 0 aliphatic rings. The molecule has 7 heteroatoms. The Morgan fingerprint density at radius 2 is 0.229 bits per heavy atom. The first-order chi connectivity index (χ1) is 53.4. The van der Waals surface area contributed by atoms with Gasteiger partial charge in [-0.05, 0) is 64.7 Å². The monoisotopic (exact) mass is 1560 g/mol. The molecule has 0 heterocycles. The average molecular weight is 1560 g/mol. The van der Waals surface area contributed by atoms with Crippen molar-refractivity contribution in [1.29, 1.82) is 0 Å². The zero-order chi connectivity index (χ0) is 78.2. The molecule has 0 fully saturated rings. The standard InChI is InChI=1S/2C51H103NO2.Ca/c2*1-3-5-7-9-11-13-15-17-19-21-23-25-27-29-31-33-35-37-39-41-43-45-48-52(50-47-51(53)54)49-46-44-42-40-38-36-34-32-30-28-26-24-22-20-18-16-14-12-10-8-6-4-2;/h2*3-50H2,1-2H3,(H,53,54);/q;;+2/p-2. The van der Waals surface area contributed by atoms with Crippen LogP contribution < -0.4 is 10.2 Å². The minimum atomic E-state index is -0.900. The third-order valence-electron chi connectivity index (χ3n) is 24.6. The number of aliphatic carboxylic acids is 2. The fourth-order valence-corrected chi connectivity index (χ4v) is 16.9. The van der Waals surface area contributed by atoms with Crippen molar-refractivity contribution in [2.75, 3.05) is 39.3 Å². The van der Waals surface area contributed by atoms with Gasteiger partial charge < -0.3 is 29.6 Å². The summed E-state index contributed by atoms with van der Waals surface area (Å²) in [6.45, 7) is 14.8. The summed E-state index contributed by atoms with van der Waals surface area (Å²) in [7, 11) is 0. The van der Waals surface area contributed by atoms with Crippen molar-refractivity contribution < 1.29 is 19.8 Å². The molecule has 0 aromatic rings. The molecule has 109 heavy (non-hydrogen) atoms. The van der Waals surface area contributed by atoms with Crippen LogP contribution in [0.3, 0.4) is 0 Å². The fourth-order valence-electron chi connectivity index (χ4n) is 16.9. The van der Waals surface area contributed by atoms with Crippen LogP contribution in [0, 0.1) is 0 Å². The van der Waals surface area contributed by atoms with Crippen LogP contribution in [0.25, 0.3) is 0 Å². The maximum absolute atomic E-state index is 11.1. The minimum Gasteiger partial charge on any atom is -0.550 e. The van der Waals surface area contributed by atoms with Crippen molar-refractivity contribution in [1.82, 2.24) is 9.80 Å². The van der Waals surface area contributed by atoms with Crippen LogP contribution in [0.1, 0.15) is 606 Å². The first-order valence-corrected chi connectivity index (χ1v) is 51.2. The molecule has 648 valence electrons. The second-order valence-corrected chi connectivity index (χ2v) is 35.6. The van der Waals surface area contributed by atoms with Crippen molar-refractivity contribution >= 4 is 49.7 Å². The number of carboxylic acid groups (broad SMARTS) is 2. The molecule has 0 aliphatic carbocycles. The molecule has 0 saturated heterocycles. The molecule has 0 aromatic carbocycles. The Bertz CT molecular complexity index is 1390. The van der Waals surface area contributed by atoms with Gasteiger partial charge in [-0.15, -0.1) is 0 Å². The Labute approximate surface area is 718 Å². The molecular weight excluding hydrogens is 1360 g/mol. The summed E-state index contributed by atoms with van der Waals surface area (Å²) >= 11 is 0. The summed E-state index contributed by atoms with van der Waals surface area (Å²) in [6.07, 6.45) is 125. The van der Waals surface area contributed by atoms with Crippen molar-refractivity contribution in [3.8, 4) is 0 Å². The second kappa shape index (κ2) is 106. The van der Waals surface area contributed by atoms with Crippen LogP contribution >= 0.6 is 0 Å². The van der Waals surface area contributed by atoms with Gasteiger partial charge >= 0.3 is 37.7 Å². The van der Waals surface area contributed by atoms with Crippen molar-refractivity contribution in [3.63, 3.8) is 0 Å². The number of hydrogen-bond donors (Lipinski definition) is 0. The third kappa shape index (κ3) is 108. The number of unbranched alkanes of at least 4 members (excludes halogenated alkanes) is 84. The van der Waals surface area contributed by atoms with E-state index in [2.05, 4.69) is 37.5 Å². The van der Waals surface area contributed by atoms with E-state index in [0.717, 1.165) is 26.2 Å². The topological polar surface area (TPSA) is 86.7 Å². The van der Waals surface area contributed by atoms with Crippen molar-refractivity contribution in [2.24, 2.45) is 0 Å². The molecule has 0 spiro atoms. The van der Waals surface area contributed by atoms with Crippen molar-refractivity contribution in [3.05, 3.63) is 0 Å². The van der Waals surface area contributed by atoms with E-state index in [1.807, 2.05) is 0 Å². The Morgan fingerprint density at radius 1 is 0.147 bits per heavy atom. The maximum Gasteiger partial charge on any atom is 2.00 e. The number of carbonyl (C=O) groups is 2. The van der Waals surface area contributed by atoms with Gasteiger partial charge in [-0.25, -0.2) is 0 Å². The zero-order valence-corrected chi connectivity index (χ0v) is 78.3. The van der Waals surface area contributed by atoms with E-state index < -0.39 is 11.9 Å². The first-order valence-electron chi connectivity index (χ1n) is 51.2. The van der Waals surface area contributed by atoms with E-state index in [-0.39, 0.29) is 50.6 Å². The largest absolute Gasteiger partial charge is 2.00 e. The molecule has 0 amide bonds. The average Bonchev–Trinajstić information content (AvgIpc) is 2.03. The van der Waals surface area contributed by atoms with Crippen LogP contribution in [0.2, 0.25) is 0 Å². The quantitative estimate of drug-likeness (QED) is 0.0445. The molecule has 6 nitrogen and oxygen atoms in total. The van der Waals surface area contributed by atoms with Crippen LogP contribution in [0.15, 0.2) is 0 Å². The van der Waals surface area contributed by atoms with Gasteiger partial charge in [0.15, 0.2) is 0 Å². The molecule has 0 radical (unpaired) electrons. The van der Waals surface area contributed by atoms with Crippen LogP contribution in [-0.4, -0.2) is 98.7 Å². The number of hydrogen-bond acceptors (Lipinski definition) is 6. The van der Waals surface area contributed by atoms with Gasteiger partial charge in [0.25, 0.3) is 0 Å². The summed E-state index contributed by atoms with van der Waals surface area (Å²) in [6, 6.07) is 0. The van der Waals surface area contributed by atoms with Crippen LogP contribution in [0.4, 0.5) is 0 Å². The van der Waals surface area contributed by atoms with E-state index in [1.165, 1.54) is 565 Å². The Balaban J connectivity index is -0.00000204. The number of nitrogens with zero attached hydrogens (tertiary/aromatic N) is 2. The minimum absolute atomic E-state index is 0. The van der Waals surface area contributed by atoms with Gasteiger partial charge in [-0.3, -0.25) is 0 Å². The van der Waals surface area contributed by atoms with Gasteiger partial charge in [0.2, 0.25) is 0 Å². The van der Waals surface area contributed by atoms with E-state index in [0.29, 0.717) is 13.1 Å². The van der Waals surface area contributed by atoms with Gasteiger partial charge in [-0.1, -0.05) is 567 Å². The van der Waals surface area contributed by atoms with Crippen molar-refractivity contribution in [2.45, 2.75) is 606 Å². The molecule has 0 bridgehead atoms. The number of carbonyl (C=O) groups excluding carboxylic acids is 2. The first kappa shape index (κ1) is 113. The van der Waals surface area contributed by atoms with E-state index in [4.69, 9.17) is 0 Å². The van der Waals surface area contributed by atoms with Gasteiger partial charge in [0, 0.05) is 25.0 Å². The summed E-state index contributed by atoms with van der Waals surface area (Å²) in [5, 5.41) is 22.2. The smallest absolute Gasteiger partial charge is 0.550 e. The Hall–Kier alpha value is 0.120. The molecule has 0 aliphatic heterocycles. The molecule has 0 rings (SSSR count). The van der Waals surface area contributed by atoms with Gasteiger partial charge in [0.1, 0.15) is 0 Å². The number of rotatable bonds is 98. The molecular formula is C102H204CaN2O4. The molecule has 0 saturated carbocycles. The fraction of sp³-hybridized carbons (Fsp3) is 0.980. The van der Waals surface area contributed by atoms with Gasteiger partial charge in [0.05, 0.1) is 0 Å². The van der Waals surface area contributed by atoms with E-state index >= 15 is 0 Å². The normalized spacial score (nSPS) is 11.6. The van der Waals surface area contributed by atoms with Gasteiger partial charge in [-0.2, -0.15) is 0 Å². The maximum atomic E-state index is 11.1. The predicted molar refractivity (Wildman–Crippen MR) is 487 cm³/mol. The zero-order valence-electron chi connectivity index (χ0n) is 76.1. The molecule has 0 unspecified atom stereocenters. The van der Waals surface area contributed by atoms with Crippen LogP contribution in [0.5, 0.6) is 0 Å². The summed E-state index contributed by atoms with van der Waals surface area (Å²) in [4.78, 5) is 27.0. The van der Waals surface area contributed by atoms with E-state index in [9.17, 15) is 19.8 Å². The molecule has 0 aromatic heterocycles. The Morgan fingerprint density at radius 3 is 0.312 bits per heavy atom. The number of carboxylic acids is 2. The SMILES string of the molecule is CCCCCCCCCCCCCCCCCCCCCCCCN(CCCCCCCCCCCCCCCCCCCCCCCC)CCC(=O)[O-].CCCCCCCCCCCCCCCCCCCCCCCCN(CCCCCCCCCCCCCCCCCCCCCCCC)CCC(=O)[O-].[Ca+2]. The van der Waals surface area contributed by atoms with Crippen LogP contribution in [-0.2, 0) is 9.59 Å².